The first kappa shape index (κ1) is 14.5. The van der Waals surface area contributed by atoms with Crippen molar-refractivity contribution in [1.29, 1.82) is 0 Å². The van der Waals surface area contributed by atoms with Gasteiger partial charge in [-0.3, -0.25) is 9.59 Å². The predicted molar refractivity (Wildman–Crippen MR) is 66.9 cm³/mol. The van der Waals surface area contributed by atoms with Crippen LogP contribution in [0.3, 0.4) is 0 Å². The molecule has 0 radical (unpaired) electrons. The Bertz CT molecular complexity index is 303. The second-order valence-corrected chi connectivity index (χ2v) is 4.52. The van der Waals surface area contributed by atoms with Crippen molar-refractivity contribution in [2.24, 2.45) is 11.8 Å². The average molecular weight is 255 g/mol. The quantitative estimate of drug-likeness (QED) is 0.534. The lowest BCUT2D eigenvalue weighted by molar-refractivity contribution is -0.148. The molecule has 0 saturated heterocycles. The number of ether oxygens (including phenoxy) is 1. The lowest BCUT2D eigenvalue weighted by Crippen LogP contribution is -2.40. The van der Waals surface area contributed by atoms with E-state index in [0.29, 0.717) is 32.4 Å². The maximum absolute atomic E-state index is 11.9. The van der Waals surface area contributed by atoms with Gasteiger partial charge in [0.2, 0.25) is 5.91 Å². The Balaban J connectivity index is 2.34. The van der Waals surface area contributed by atoms with Crippen LogP contribution < -0.4 is 5.32 Å². The Morgan fingerprint density at radius 2 is 2.00 bits per heavy atom. The molecule has 1 rings (SSSR count). The molecule has 0 bridgehead atoms. The van der Waals surface area contributed by atoms with E-state index >= 15 is 0 Å². The molecule has 0 unspecified atom stereocenters. The fourth-order valence-corrected chi connectivity index (χ4v) is 2.32. The first-order chi connectivity index (χ1) is 8.66. The summed E-state index contributed by atoms with van der Waals surface area (Å²) in [6, 6.07) is 0. The number of nitrogens with one attached hydrogen (secondary N) is 1. The van der Waals surface area contributed by atoms with E-state index in [9.17, 15) is 9.59 Å². The summed E-state index contributed by atoms with van der Waals surface area (Å²) >= 11 is 0. The van der Waals surface area contributed by atoms with Crippen molar-refractivity contribution in [2.75, 3.05) is 13.2 Å². The summed E-state index contributed by atoms with van der Waals surface area (Å²) in [6.45, 7) is 4.44. The number of carboxylic acids is 1. The average Bonchev–Trinajstić information content (AvgIpc) is 2.38. The van der Waals surface area contributed by atoms with Crippen molar-refractivity contribution in [3.8, 4) is 0 Å². The van der Waals surface area contributed by atoms with Crippen LogP contribution in [0, 0.1) is 11.8 Å². The zero-order chi connectivity index (χ0) is 13.4. The summed E-state index contributed by atoms with van der Waals surface area (Å²) in [5, 5.41) is 11.9. The molecule has 0 aromatic heterocycles. The first-order valence-corrected chi connectivity index (χ1v) is 6.40. The summed E-state index contributed by atoms with van der Waals surface area (Å²) in [6.07, 6.45) is 5.17. The van der Waals surface area contributed by atoms with E-state index in [4.69, 9.17) is 9.84 Å². The van der Waals surface area contributed by atoms with Gasteiger partial charge in [0.25, 0.3) is 0 Å². The van der Waals surface area contributed by atoms with E-state index < -0.39 is 11.9 Å². The third kappa shape index (κ3) is 4.39. The van der Waals surface area contributed by atoms with Gasteiger partial charge in [-0.05, 0) is 19.3 Å². The summed E-state index contributed by atoms with van der Waals surface area (Å²) in [7, 11) is 0. The molecule has 0 aromatic carbocycles. The number of carbonyl (C=O) groups excluding carboxylic acids is 1. The lowest BCUT2D eigenvalue weighted by atomic mass is 9.79. The highest BCUT2D eigenvalue weighted by atomic mass is 16.5. The normalized spacial score (nSPS) is 23.1. The third-order valence-corrected chi connectivity index (χ3v) is 3.28. The second kappa shape index (κ2) is 7.74. The highest BCUT2D eigenvalue weighted by molar-refractivity contribution is 5.84. The predicted octanol–water partition coefficient (Wildman–Crippen LogP) is 1.54. The Kier molecular flexibility index (Phi) is 6.25. The van der Waals surface area contributed by atoms with Crippen molar-refractivity contribution in [3.05, 3.63) is 12.8 Å². The highest BCUT2D eigenvalue weighted by Crippen LogP contribution is 2.30. The molecule has 1 saturated carbocycles. The second-order valence-electron chi connectivity index (χ2n) is 4.52. The van der Waals surface area contributed by atoms with Gasteiger partial charge in [-0.1, -0.05) is 19.4 Å². The van der Waals surface area contributed by atoms with Crippen LogP contribution in [0.2, 0.25) is 0 Å². The van der Waals surface area contributed by atoms with Gasteiger partial charge in [0, 0.05) is 6.54 Å². The fourth-order valence-electron chi connectivity index (χ4n) is 2.32. The summed E-state index contributed by atoms with van der Waals surface area (Å²) in [4.78, 5) is 23.0. The van der Waals surface area contributed by atoms with Gasteiger partial charge >= 0.3 is 5.97 Å². The molecule has 2 atom stereocenters. The Labute approximate surface area is 107 Å². The maximum Gasteiger partial charge on any atom is 0.307 e. The molecule has 1 amide bonds. The molecule has 1 aliphatic rings. The number of hydrogen-bond donors (Lipinski definition) is 2. The largest absolute Gasteiger partial charge is 0.502 e. The van der Waals surface area contributed by atoms with Crippen LogP contribution in [-0.4, -0.2) is 30.1 Å². The van der Waals surface area contributed by atoms with E-state index in [0.717, 1.165) is 12.8 Å². The SMILES string of the molecule is C=COCCCNC(=O)[C@@H]1CCCC[C@@H]1C(=O)O. The van der Waals surface area contributed by atoms with Crippen LogP contribution in [-0.2, 0) is 14.3 Å². The van der Waals surface area contributed by atoms with E-state index in [-0.39, 0.29) is 11.8 Å². The Morgan fingerprint density at radius 3 is 2.61 bits per heavy atom. The zero-order valence-electron chi connectivity index (χ0n) is 10.6. The van der Waals surface area contributed by atoms with Crippen molar-refractivity contribution in [3.63, 3.8) is 0 Å². The molecule has 0 aliphatic heterocycles. The van der Waals surface area contributed by atoms with Gasteiger partial charge in [0.15, 0.2) is 0 Å². The molecular weight excluding hydrogens is 234 g/mol. The minimum atomic E-state index is -0.857. The number of carbonyl (C=O) groups is 2. The van der Waals surface area contributed by atoms with Gasteiger partial charge in [0.05, 0.1) is 24.7 Å². The van der Waals surface area contributed by atoms with Crippen molar-refractivity contribution >= 4 is 11.9 Å². The summed E-state index contributed by atoms with van der Waals surface area (Å²) in [5.74, 6) is -1.90. The Hall–Kier alpha value is -1.52. The molecule has 0 heterocycles. The lowest BCUT2D eigenvalue weighted by Gasteiger charge is -2.27. The van der Waals surface area contributed by atoms with E-state index in [2.05, 4.69) is 11.9 Å². The van der Waals surface area contributed by atoms with Crippen molar-refractivity contribution in [1.82, 2.24) is 5.32 Å². The molecular formula is C13H21NO4. The number of carboxylic acid groups (broad SMARTS) is 1. The molecule has 102 valence electrons. The molecule has 5 heteroatoms. The third-order valence-electron chi connectivity index (χ3n) is 3.28. The summed E-state index contributed by atoms with van der Waals surface area (Å²) < 4.78 is 4.94. The van der Waals surface area contributed by atoms with E-state index in [1.165, 1.54) is 6.26 Å². The van der Waals surface area contributed by atoms with Crippen LogP contribution in [0.4, 0.5) is 0 Å². The van der Waals surface area contributed by atoms with Crippen LogP contribution in [0.25, 0.3) is 0 Å². The molecule has 5 nitrogen and oxygen atoms in total. The van der Waals surface area contributed by atoms with Crippen LogP contribution in [0.1, 0.15) is 32.1 Å². The minimum Gasteiger partial charge on any atom is -0.502 e. The van der Waals surface area contributed by atoms with Gasteiger partial charge in [0.1, 0.15) is 0 Å². The topological polar surface area (TPSA) is 75.6 Å². The van der Waals surface area contributed by atoms with Gasteiger partial charge in [-0.2, -0.15) is 0 Å². The number of rotatable bonds is 7. The molecule has 0 aromatic rings. The van der Waals surface area contributed by atoms with E-state index in [1.54, 1.807) is 0 Å². The number of hydrogen-bond acceptors (Lipinski definition) is 3. The fraction of sp³-hybridized carbons (Fsp3) is 0.692. The smallest absolute Gasteiger partial charge is 0.307 e. The number of aliphatic carboxylic acids is 1. The minimum absolute atomic E-state index is 0.138. The zero-order valence-corrected chi connectivity index (χ0v) is 10.6. The highest BCUT2D eigenvalue weighted by Gasteiger charge is 2.35. The monoisotopic (exact) mass is 255 g/mol. The molecule has 18 heavy (non-hydrogen) atoms. The van der Waals surface area contributed by atoms with Crippen LogP contribution >= 0.6 is 0 Å². The van der Waals surface area contributed by atoms with Crippen molar-refractivity contribution in [2.45, 2.75) is 32.1 Å². The molecule has 1 aliphatic carbocycles. The summed E-state index contributed by atoms with van der Waals surface area (Å²) in [5.41, 5.74) is 0. The molecule has 2 N–H and O–H groups in total. The maximum atomic E-state index is 11.9. The molecule has 0 spiro atoms. The Morgan fingerprint density at radius 1 is 1.33 bits per heavy atom. The van der Waals surface area contributed by atoms with E-state index in [1.807, 2.05) is 0 Å². The van der Waals surface area contributed by atoms with Crippen LogP contribution in [0.15, 0.2) is 12.8 Å². The standard InChI is InChI=1S/C13H21NO4/c1-2-18-9-5-8-14-12(15)10-6-3-4-7-11(10)13(16)17/h2,10-11H,1,3-9H2,(H,14,15)(H,16,17)/t10-,11+/m1/s1. The number of amides is 1. The van der Waals surface area contributed by atoms with Gasteiger partial charge < -0.3 is 15.2 Å². The van der Waals surface area contributed by atoms with Crippen LogP contribution in [0.5, 0.6) is 0 Å². The first-order valence-electron chi connectivity index (χ1n) is 6.40. The van der Waals surface area contributed by atoms with Gasteiger partial charge in [-0.25, -0.2) is 0 Å². The van der Waals surface area contributed by atoms with Gasteiger partial charge in [-0.15, -0.1) is 0 Å². The molecule has 1 fully saturated rings. The van der Waals surface area contributed by atoms with Crippen molar-refractivity contribution < 1.29 is 19.4 Å².